The predicted octanol–water partition coefficient (Wildman–Crippen LogP) is 2.17. The van der Waals surface area contributed by atoms with Crippen molar-refractivity contribution in [3.05, 3.63) is 35.4 Å². The molecule has 0 aliphatic carbocycles. The Labute approximate surface area is 92.3 Å². The van der Waals surface area contributed by atoms with Crippen LogP contribution in [-0.2, 0) is 6.54 Å². The molecule has 1 aliphatic heterocycles. The van der Waals surface area contributed by atoms with Gasteiger partial charge in [0.05, 0.1) is 0 Å². The third kappa shape index (κ3) is 2.58. The maximum Gasteiger partial charge on any atom is 0.0326 e. The number of nitrogens with zero attached hydrogens (tertiary/aromatic N) is 1. The van der Waals surface area contributed by atoms with Gasteiger partial charge in [0.25, 0.3) is 0 Å². The Hall–Kier alpha value is -0.860. The second-order valence-electron chi connectivity index (χ2n) is 4.58. The van der Waals surface area contributed by atoms with Crippen molar-refractivity contribution in [3.63, 3.8) is 0 Å². The van der Waals surface area contributed by atoms with E-state index in [-0.39, 0.29) is 0 Å². The van der Waals surface area contributed by atoms with Crippen molar-refractivity contribution in [2.75, 3.05) is 20.6 Å². The number of nitrogens with one attached hydrogen (secondary N) is 1. The minimum absolute atomic E-state index is 0.584. The Bertz CT molecular complexity index is 320. The zero-order valence-electron chi connectivity index (χ0n) is 9.66. The third-order valence-corrected chi connectivity index (χ3v) is 3.07. The van der Waals surface area contributed by atoms with E-state index in [9.17, 15) is 0 Å². The molecular formula is C13H20N2. The lowest BCUT2D eigenvalue weighted by atomic mass is 10.0. The first kappa shape index (κ1) is 10.7. The first-order chi connectivity index (χ1) is 7.27. The van der Waals surface area contributed by atoms with Gasteiger partial charge in [-0.25, -0.2) is 0 Å². The summed E-state index contributed by atoms with van der Waals surface area (Å²) < 4.78 is 0. The summed E-state index contributed by atoms with van der Waals surface area (Å²) >= 11 is 0. The van der Waals surface area contributed by atoms with E-state index in [0.717, 1.165) is 6.54 Å². The molecular weight excluding hydrogens is 184 g/mol. The molecule has 1 heterocycles. The second kappa shape index (κ2) is 4.77. The molecule has 0 amide bonds. The van der Waals surface area contributed by atoms with Crippen LogP contribution in [-0.4, -0.2) is 25.5 Å². The van der Waals surface area contributed by atoms with Crippen molar-refractivity contribution in [2.24, 2.45) is 0 Å². The van der Waals surface area contributed by atoms with E-state index in [1.807, 2.05) is 0 Å². The van der Waals surface area contributed by atoms with E-state index in [4.69, 9.17) is 0 Å². The maximum absolute atomic E-state index is 3.58. The molecule has 0 bridgehead atoms. The lowest BCUT2D eigenvalue weighted by Gasteiger charge is -2.14. The molecule has 0 saturated carbocycles. The van der Waals surface area contributed by atoms with Crippen molar-refractivity contribution >= 4 is 0 Å². The molecule has 1 aromatic carbocycles. The fraction of sp³-hybridized carbons (Fsp3) is 0.538. The SMILES string of the molecule is CN(C)CCCC1NCc2ccccc21. The molecule has 2 nitrogen and oxygen atoms in total. The minimum atomic E-state index is 0.584. The molecule has 0 spiro atoms. The molecule has 1 N–H and O–H groups in total. The molecule has 0 saturated heterocycles. The van der Waals surface area contributed by atoms with Crippen molar-refractivity contribution < 1.29 is 0 Å². The molecule has 0 radical (unpaired) electrons. The van der Waals surface area contributed by atoms with Gasteiger partial charge in [-0.05, 0) is 44.6 Å². The van der Waals surface area contributed by atoms with Crippen LogP contribution in [0.2, 0.25) is 0 Å². The molecule has 0 fully saturated rings. The van der Waals surface area contributed by atoms with Gasteiger partial charge in [0.2, 0.25) is 0 Å². The van der Waals surface area contributed by atoms with Crippen LogP contribution in [0.1, 0.15) is 30.0 Å². The van der Waals surface area contributed by atoms with Crippen LogP contribution in [0.5, 0.6) is 0 Å². The Balaban J connectivity index is 1.90. The molecule has 15 heavy (non-hydrogen) atoms. The molecule has 1 aliphatic rings. The number of hydrogen-bond donors (Lipinski definition) is 1. The average molecular weight is 204 g/mol. The van der Waals surface area contributed by atoms with Crippen molar-refractivity contribution in [1.82, 2.24) is 10.2 Å². The van der Waals surface area contributed by atoms with E-state index in [2.05, 4.69) is 48.6 Å². The summed E-state index contributed by atoms with van der Waals surface area (Å²) in [5.41, 5.74) is 2.99. The lowest BCUT2D eigenvalue weighted by Crippen LogP contribution is -2.17. The van der Waals surface area contributed by atoms with Crippen LogP contribution in [0, 0.1) is 0 Å². The van der Waals surface area contributed by atoms with E-state index in [1.165, 1.54) is 30.5 Å². The molecule has 2 rings (SSSR count). The first-order valence-electron chi connectivity index (χ1n) is 5.73. The van der Waals surface area contributed by atoms with Crippen molar-refractivity contribution in [1.29, 1.82) is 0 Å². The molecule has 2 heteroatoms. The molecule has 1 aromatic rings. The number of hydrogen-bond acceptors (Lipinski definition) is 2. The summed E-state index contributed by atoms with van der Waals surface area (Å²) in [7, 11) is 4.27. The minimum Gasteiger partial charge on any atom is -0.309 e. The van der Waals surface area contributed by atoms with Crippen LogP contribution in [0.3, 0.4) is 0 Å². The molecule has 0 aromatic heterocycles. The predicted molar refractivity (Wildman–Crippen MR) is 63.8 cm³/mol. The Morgan fingerprint density at radius 3 is 2.93 bits per heavy atom. The first-order valence-corrected chi connectivity index (χ1v) is 5.73. The van der Waals surface area contributed by atoms with Crippen LogP contribution in [0.15, 0.2) is 24.3 Å². The van der Waals surface area contributed by atoms with Crippen molar-refractivity contribution in [2.45, 2.75) is 25.4 Å². The van der Waals surface area contributed by atoms with Gasteiger partial charge in [-0.15, -0.1) is 0 Å². The van der Waals surface area contributed by atoms with Gasteiger partial charge in [0.1, 0.15) is 0 Å². The van der Waals surface area contributed by atoms with E-state index >= 15 is 0 Å². The Kier molecular flexibility index (Phi) is 3.39. The maximum atomic E-state index is 3.58. The van der Waals surface area contributed by atoms with Gasteiger partial charge in [0, 0.05) is 12.6 Å². The zero-order chi connectivity index (χ0) is 10.7. The number of fused-ring (bicyclic) bond motifs is 1. The fourth-order valence-electron chi connectivity index (χ4n) is 2.25. The van der Waals surface area contributed by atoms with Gasteiger partial charge >= 0.3 is 0 Å². The third-order valence-electron chi connectivity index (χ3n) is 3.07. The normalized spacial score (nSPS) is 19.5. The number of rotatable bonds is 4. The highest BCUT2D eigenvalue weighted by molar-refractivity contribution is 5.33. The molecule has 82 valence electrons. The van der Waals surface area contributed by atoms with Crippen molar-refractivity contribution in [3.8, 4) is 0 Å². The standard InChI is InChI=1S/C13H20N2/c1-15(2)9-5-8-13-12-7-4-3-6-11(12)10-14-13/h3-4,6-7,13-14H,5,8-10H2,1-2H3. The molecule has 1 unspecified atom stereocenters. The monoisotopic (exact) mass is 204 g/mol. The summed E-state index contributed by atoms with van der Waals surface area (Å²) in [6.07, 6.45) is 2.51. The highest BCUT2D eigenvalue weighted by Crippen LogP contribution is 2.28. The Morgan fingerprint density at radius 2 is 2.13 bits per heavy atom. The van der Waals surface area contributed by atoms with Gasteiger partial charge < -0.3 is 10.2 Å². The van der Waals surface area contributed by atoms with Crippen LogP contribution in [0.25, 0.3) is 0 Å². The zero-order valence-corrected chi connectivity index (χ0v) is 9.66. The van der Waals surface area contributed by atoms with Gasteiger partial charge in [0.15, 0.2) is 0 Å². The highest BCUT2D eigenvalue weighted by atomic mass is 15.0. The highest BCUT2D eigenvalue weighted by Gasteiger charge is 2.20. The summed E-state index contributed by atoms with van der Waals surface area (Å²) in [5.74, 6) is 0. The van der Waals surface area contributed by atoms with Gasteiger partial charge in [-0.1, -0.05) is 24.3 Å². The average Bonchev–Trinajstić information content (AvgIpc) is 2.62. The largest absolute Gasteiger partial charge is 0.309 e. The quantitative estimate of drug-likeness (QED) is 0.808. The summed E-state index contributed by atoms with van der Waals surface area (Å²) in [4.78, 5) is 2.25. The topological polar surface area (TPSA) is 15.3 Å². The van der Waals surface area contributed by atoms with Gasteiger partial charge in [-0.2, -0.15) is 0 Å². The summed E-state index contributed by atoms with van der Waals surface area (Å²) in [6.45, 7) is 2.23. The fourth-order valence-corrected chi connectivity index (χ4v) is 2.25. The summed E-state index contributed by atoms with van der Waals surface area (Å²) in [6, 6.07) is 9.35. The second-order valence-corrected chi connectivity index (χ2v) is 4.58. The van der Waals surface area contributed by atoms with Crippen LogP contribution >= 0.6 is 0 Å². The van der Waals surface area contributed by atoms with E-state index in [1.54, 1.807) is 0 Å². The van der Waals surface area contributed by atoms with Gasteiger partial charge in [-0.3, -0.25) is 0 Å². The smallest absolute Gasteiger partial charge is 0.0326 e. The lowest BCUT2D eigenvalue weighted by molar-refractivity contribution is 0.377. The van der Waals surface area contributed by atoms with Crippen LogP contribution in [0.4, 0.5) is 0 Å². The summed E-state index contributed by atoms with van der Waals surface area (Å²) in [5, 5.41) is 3.58. The number of benzene rings is 1. The molecule has 1 atom stereocenters. The van der Waals surface area contributed by atoms with E-state index in [0.29, 0.717) is 6.04 Å². The van der Waals surface area contributed by atoms with Crippen LogP contribution < -0.4 is 5.32 Å². The Morgan fingerprint density at radius 1 is 1.33 bits per heavy atom. The van der Waals surface area contributed by atoms with E-state index < -0.39 is 0 Å².